The van der Waals surface area contributed by atoms with E-state index in [1.165, 1.54) is 0 Å². The summed E-state index contributed by atoms with van der Waals surface area (Å²) in [5.41, 5.74) is 2.22. The van der Waals surface area contributed by atoms with Gasteiger partial charge in [0.05, 0.1) is 18.9 Å². The van der Waals surface area contributed by atoms with Crippen LogP contribution in [-0.2, 0) is 4.74 Å². The Morgan fingerprint density at radius 2 is 1.63 bits per heavy atom. The van der Waals surface area contributed by atoms with Crippen molar-refractivity contribution in [3.05, 3.63) is 54.6 Å². The molecule has 1 fully saturated rings. The van der Waals surface area contributed by atoms with Gasteiger partial charge in [-0.3, -0.25) is 0 Å². The normalized spacial score (nSPS) is 14.1. The molecule has 138 valence electrons. The van der Waals surface area contributed by atoms with Gasteiger partial charge in [0.2, 0.25) is 5.95 Å². The van der Waals surface area contributed by atoms with Crippen molar-refractivity contribution >= 4 is 17.5 Å². The highest BCUT2D eigenvalue weighted by atomic mass is 16.5. The molecule has 0 spiro atoms. The summed E-state index contributed by atoms with van der Waals surface area (Å²) in [5, 5.41) is 22.7. The number of ether oxygens (including phenoxy) is 1. The Labute approximate surface area is 156 Å². The molecule has 7 nitrogen and oxygen atoms in total. The average molecular weight is 364 g/mol. The summed E-state index contributed by atoms with van der Waals surface area (Å²) in [4.78, 5) is 11.4. The summed E-state index contributed by atoms with van der Waals surface area (Å²) in [6.07, 6.45) is 0. The molecular weight excluding hydrogens is 344 g/mol. The Morgan fingerprint density at radius 1 is 0.889 bits per heavy atom. The number of benzene rings is 2. The minimum Gasteiger partial charge on any atom is -0.508 e. The van der Waals surface area contributed by atoms with Crippen molar-refractivity contribution in [2.24, 2.45) is 0 Å². The molecule has 3 aromatic rings. The van der Waals surface area contributed by atoms with Crippen LogP contribution in [0.5, 0.6) is 11.5 Å². The summed E-state index contributed by atoms with van der Waals surface area (Å²) in [5.74, 6) is 1.56. The van der Waals surface area contributed by atoms with Crippen molar-refractivity contribution in [3.63, 3.8) is 0 Å². The maximum Gasteiger partial charge on any atom is 0.228 e. The molecule has 4 rings (SSSR count). The quantitative estimate of drug-likeness (QED) is 0.655. The number of aromatic nitrogens is 2. The van der Waals surface area contributed by atoms with E-state index >= 15 is 0 Å². The van der Waals surface area contributed by atoms with E-state index in [0.717, 1.165) is 24.3 Å². The maximum atomic E-state index is 9.81. The molecule has 27 heavy (non-hydrogen) atoms. The third-order valence-electron chi connectivity index (χ3n) is 4.27. The fourth-order valence-corrected chi connectivity index (χ4v) is 2.95. The predicted octanol–water partition coefficient (Wildman–Crippen LogP) is 3.14. The monoisotopic (exact) mass is 364 g/mol. The fourth-order valence-electron chi connectivity index (χ4n) is 2.95. The third kappa shape index (κ3) is 4.09. The van der Waals surface area contributed by atoms with Crippen LogP contribution in [0.15, 0.2) is 54.6 Å². The molecule has 0 saturated carbocycles. The van der Waals surface area contributed by atoms with E-state index in [2.05, 4.69) is 20.2 Å². The molecule has 0 unspecified atom stereocenters. The van der Waals surface area contributed by atoms with Gasteiger partial charge in [-0.1, -0.05) is 18.2 Å². The van der Waals surface area contributed by atoms with Gasteiger partial charge in [0.15, 0.2) is 0 Å². The third-order valence-corrected chi connectivity index (χ3v) is 4.27. The zero-order valence-electron chi connectivity index (χ0n) is 14.7. The Kier molecular flexibility index (Phi) is 4.76. The lowest BCUT2D eigenvalue weighted by Crippen LogP contribution is -2.37. The van der Waals surface area contributed by atoms with Crippen LogP contribution in [-0.4, -0.2) is 46.5 Å². The number of hydrogen-bond donors (Lipinski definition) is 3. The van der Waals surface area contributed by atoms with Crippen molar-refractivity contribution < 1.29 is 14.9 Å². The highest BCUT2D eigenvalue weighted by Crippen LogP contribution is 2.28. The van der Waals surface area contributed by atoms with Gasteiger partial charge in [0.1, 0.15) is 17.3 Å². The largest absolute Gasteiger partial charge is 0.508 e. The minimum absolute atomic E-state index is 0.177. The summed E-state index contributed by atoms with van der Waals surface area (Å²) in [6, 6.07) is 15.6. The maximum absolute atomic E-state index is 9.81. The van der Waals surface area contributed by atoms with Crippen molar-refractivity contribution in [2.45, 2.75) is 0 Å². The first-order valence-electron chi connectivity index (χ1n) is 8.75. The Morgan fingerprint density at radius 3 is 2.37 bits per heavy atom. The first-order valence-corrected chi connectivity index (χ1v) is 8.75. The first-order chi connectivity index (χ1) is 13.2. The lowest BCUT2D eigenvalue weighted by molar-refractivity contribution is 0.122. The number of phenols is 2. The number of aromatic hydroxyl groups is 2. The number of hydrogen-bond acceptors (Lipinski definition) is 7. The number of nitrogens with zero attached hydrogens (tertiary/aromatic N) is 3. The van der Waals surface area contributed by atoms with E-state index < -0.39 is 0 Å². The minimum atomic E-state index is 0.177. The molecule has 2 heterocycles. The van der Waals surface area contributed by atoms with Gasteiger partial charge < -0.3 is 25.2 Å². The van der Waals surface area contributed by atoms with Crippen LogP contribution in [0, 0.1) is 0 Å². The number of nitrogens with one attached hydrogen (secondary N) is 1. The molecule has 3 N–H and O–H groups in total. The van der Waals surface area contributed by atoms with E-state index in [1.54, 1.807) is 36.4 Å². The number of rotatable bonds is 4. The van der Waals surface area contributed by atoms with Crippen molar-refractivity contribution in [3.8, 4) is 22.8 Å². The van der Waals surface area contributed by atoms with E-state index in [4.69, 9.17) is 4.74 Å². The van der Waals surface area contributed by atoms with Gasteiger partial charge >= 0.3 is 0 Å². The zero-order chi connectivity index (χ0) is 18.6. The average Bonchev–Trinajstić information content (AvgIpc) is 2.68. The standard InChI is InChI=1S/C20H20N4O3/c25-16-5-1-3-14(11-16)18-13-19(21-15-4-2-6-17(26)12-15)23-20(22-18)24-7-9-27-10-8-24/h1-6,11-13,25-26H,7-10H2,(H,21,22,23). The lowest BCUT2D eigenvalue weighted by Gasteiger charge is -2.27. The van der Waals surface area contributed by atoms with E-state index in [9.17, 15) is 10.2 Å². The van der Waals surface area contributed by atoms with E-state index in [-0.39, 0.29) is 11.5 Å². The molecule has 0 atom stereocenters. The second-order valence-corrected chi connectivity index (χ2v) is 6.26. The molecule has 7 heteroatoms. The fraction of sp³-hybridized carbons (Fsp3) is 0.200. The van der Waals surface area contributed by atoms with Crippen molar-refractivity contribution in [1.29, 1.82) is 0 Å². The van der Waals surface area contributed by atoms with Gasteiger partial charge in [-0.2, -0.15) is 4.98 Å². The van der Waals surface area contributed by atoms with Gasteiger partial charge in [0, 0.05) is 36.5 Å². The summed E-state index contributed by atoms with van der Waals surface area (Å²) in [6.45, 7) is 2.70. The van der Waals surface area contributed by atoms with Gasteiger partial charge in [-0.25, -0.2) is 4.98 Å². The van der Waals surface area contributed by atoms with Crippen LogP contribution in [0.25, 0.3) is 11.3 Å². The Balaban J connectivity index is 1.73. The summed E-state index contributed by atoms with van der Waals surface area (Å²) >= 11 is 0. The molecule has 1 aliphatic heterocycles. The Bertz CT molecular complexity index is 942. The number of anilines is 3. The van der Waals surface area contributed by atoms with Gasteiger partial charge in [0.25, 0.3) is 0 Å². The molecule has 0 radical (unpaired) electrons. The predicted molar refractivity (Wildman–Crippen MR) is 104 cm³/mol. The molecule has 1 aromatic heterocycles. The number of phenolic OH excluding ortho intramolecular Hbond substituents is 2. The molecule has 0 amide bonds. The van der Waals surface area contributed by atoms with Crippen LogP contribution >= 0.6 is 0 Å². The summed E-state index contributed by atoms with van der Waals surface area (Å²) in [7, 11) is 0. The number of morpholine rings is 1. The second kappa shape index (κ2) is 7.51. The van der Waals surface area contributed by atoms with Gasteiger partial charge in [-0.15, -0.1) is 0 Å². The van der Waals surface area contributed by atoms with E-state index in [0.29, 0.717) is 30.7 Å². The lowest BCUT2D eigenvalue weighted by atomic mass is 10.1. The highest BCUT2D eigenvalue weighted by molar-refractivity contribution is 5.68. The highest BCUT2D eigenvalue weighted by Gasteiger charge is 2.16. The van der Waals surface area contributed by atoms with E-state index in [1.807, 2.05) is 18.2 Å². The van der Waals surface area contributed by atoms with Crippen LogP contribution in [0.1, 0.15) is 0 Å². The molecule has 0 bridgehead atoms. The molecule has 0 aliphatic carbocycles. The topological polar surface area (TPSA) is 90.7 Å². The smallest absolute Gasteiger partial charge is 0.228 e. The SMILES string of the molecule is Oc1cccc(Nc2cc(-c3cccc(O)c3)nc(N3CCOCC3)n2)c1. The Hall–Kier alpha value is -3.32. The first kappa shape index (κ1) is 17.1. The van der Waals surface area contributed by atoms with Crippen molar-refractivity contribution in [2.75, 3.05) is 36.5 Å². The zero-order valence-corrected chi connectivity index (χ0v) is 14.7. The molecule has 1 saturated heterocycles. The van der Waals surface area contributed by atoms with Crippen LogP contribution in [0.3, 0.4) is 0 Å². The second-order valence-electron chi connectivity index (χ2n) is 6.26. The van der Waals surface area contributed by atoms with Crippen molar-refractivity contribution in [1.82, 2.24) is 9.97 Å². The molecular formula is C20H20N4O3. The molecule has 2 aromatic carbocycles. The van der Waals surface area contributed by atoms with Crippen LogP contribution in [0.4, 0.5) is 17.5 Å². The molecule has 1 aliphatic rings. The van der Waals surface area contributed by atoms with Crippen LogP contribution in [0.2, 0.25) is 0 Å². The summed E-state index contributed by atoms with van der Waals surface area (Å²) < 4.78 is 5.42. The van der Waals surface area contributed by atoms with Crippen LogP contribution < -0.4 is 10.2 Å². The van der Waals surface area contributed by atoms with Gasteiger partial charge in [-0.05, 0) is 24.3 Å².